The second-order valence-corrected chi connectivity index (χ2v) is 3.02. The molecule has 1 aliphatic heterocycles. The van der Waals surface area contributed by atoms with E-state index < -0.39 is 0 Å². The molecule has 0 fully saturated rings. The van der Waals surface area contributed by atoms with E-state index in [1.807, 2.05) is 18.2 Å². The molecule has 1 aliphatic rings. The molecule has 1 heterocycles. The van der Waals surface area contributed by atoms with Crippen LogP contribution in [0.15, 0.2) is 22.7 Å². The van der Waals surface area contributed by atoms with Gasteiger partial charge in [-0.1, -0.05) is 15.9 Å². The molecule has 2 rings (SSSR count). The van der Waals surface area contributed by atoms with Crippen LogP contribution in [0.25, 0.3) is 0 Å². The third kappa shape index (κ3) is 0.865. The molecule has 0 unspecified atom stereocenters. The molecule has 1 aromatic rings. The average Bonchev–Trinajstić information content (AvgIpc) is 2.33. The lowest BCUT2D eigenvalue weighted by Crippen LogP contribution is -1.96. The van der Waals surface area contributed by atoms with Gasteiger partial charge in [-0.15, -0.1) is 0 Å². The van der Waals surface area contributed by atoms with Gasteiger partial charge in [-0.05, 0) is 18.2 Å². The standard InChI is InChI=1S/C7H6BrNO/c8-5-1-2-6-7(3-5)10-4-9-6/h1-3,9H,4H2. The van der Waals surface area contributed by atoms with Crippen molar-refractivity contribution < 1.29 is 4.74 Å². The molecule has 0 atom stereocenters. The lowest BCUT2D eigenvalue weighted by molar-refractivity contribution is 0.372. The van der Waals surface area contributed by atoms with E-state index in [-0.39, 0.29) is 0 Å². The number of nitrogens with one attached hydrogen (secondary N) is 1. The van der Waals surface area contributed by atoms with Crippen molar-refractivity contribution in [1.29, 1.82) is 0 Å². The van der Waals surface area contributed by atoms with Gasteiger partial charge in [0.2, 0.25) is 0 Å². The Bertz CT molecular complexity index is 262. The quantitative estimate of drug-likeness (QED) is 0.693. The summed E-state index contributed by atoms with van der Waals surface area (Å²) < 4.78 is 6.29. The van der Waals surface area contributed by atoms with Gasteiger partial charge in [-0.2, -0.15) is 0 Å². The molecule has 1 N–H and O–H groups in total. The summed E-state index contributed by atoms with van der Waals surface area (Å²) in [6.07, 6.45) is 0. The second-order valence-electron chi connectivity index (χ2n) is 2.11. The minimum absolute atomic E-state index is 0.589. The lowest BCUT2D eigenvalue weighted by atomic mass is 10.3. The number of ether oxygens (including phenoxy) is 1. The van der Waals surface area contributed by atoms with Gasteiger partial charge in [-0.3, -0.25) is 0 Å². The van der Waals surface area contributed by atoms with Crippen LogP contribution in [0.5, 0.6) is 5.75 Å². The van der Waals surface area contributed by atoms with Crippen LogP contribution in [0.2, 0.25) is 0 Å². The van der Waals surface area contributed by atoms with Gasteiger partial charge < -0.3 is 10.1 Å². The highest BCUT2D eigenvalue weighted by Crippen LogP contribution is 2.31. The number of rotatable bonds is 0. The third-order valence-corrected chi connectivity index (χ3v) is 1.93. The van der Waals surface area contributed by atoms with Crippen molar-refractivity contribution in [2.24, 2.45) is 0 Å². The molecule has 3 heteroatoms. The van der Waals surface area contributed by atoms with Crippen molar-refractivity contribution >= 4 is 21.6 Å². The molecule has 0 aromatic heterocycles. The van der Waals surface area contributed by atoms with Gasteiger partial charge in [0.15, 0.2) is 6.73 Å². The average molecular weight is 200 g/mol. The zero-order valence-corrected chi connectivity index (χ0v) is 6.81. The largest absolute Gasteiger partial charge is 0.471 e. The molecule has 0 aliphatic carbocycles. The van der Waals surface area contributed by atoms with E-state index in [2.05, 4.69) is 21.2 Å². The van der Waals surface area contributed by atoms with Crippen molar-refractivity contribution in [3.8, 4) is 5.75 Å². The first-order valence-electron chi connectivity index (χ1n) is 3.02. The number of halogens is 1. The maximum absolute atomic E-state index is 5.24. The van der Waals surface area contributed by atoms with E-state index in [0.717, 1.165) is 15.9 Å². The van der Waals surface area contributed by atoms with Gasteiger partial charge in [0.1, 0.15) is 5.75 Å². The molecule has 0 bridgehead atoms. The van der Waals surface area contributed by atoms with Crippen molar-refractivity contribution in [1.82, 2.24) is 0 Å². The van der Waals surface area contributed by atoms with Crippen molar-refractivity contribution in [3.05, 3.63) is 22.7 Å². The van der Waals surface area contributed by atoms with Crippen LogP contribution in [0, 0.1) is 0 Å². The molecule has 0 saturated heterocycles. The molecule has 0 amide bonds. The summed E-state index contributed by atoms with van der Waals surface area (Å²) >= 11 is 3.36. The highest BCUT2D eigenvalue weighted by molar-refractivity contribution is 9.10. The van der Waals surface area contributed by atoms with E-state index in [0.29, 0.717) is 6.73 Å². The van der Waals surface area contributed by atoms with Crippen molar-refractivity contribution in [2.75, 3.05) is 12.0 Å². The topological polar surface area (TPSA) is 21.3 Å². The smallest absolute Gasteiger partial charge is 0.159 e. The van der Waals surface area contributed by atoms with E-state index in [9.17, 15) is 0 Å². The van der Waals surface area contributed by atoms with Crippen LogP contribution >= 0.6 is 15.9 Å². The zero-order chi connectivity index (χ0) is 6.97. The lowest BCUT2D eigenvalue weighted by Gasteiger charge is -1.95. The van der Waals surface area contributed by atoms with Gasteiger partial charge >= 0.3 is 0 Å². The summed E-state index contributed by atoms with van der Waals surface area (Å²) in [6, 6.07) is 5.93. The Kier molecular flexibility index (Phi) is 1.31. The molecule has 1 aromatic carbocycles. The fourth-order valence-electron chi connectivity index (χ4n) is 0.953. The van der Waals surface area contributed by atoms with Crippen LogP contribution in [0.3, 0.4) is 0 Å². The Morgan fingerprint density at radius 3 is 3.30 bits per heavy atom. The molecule has 0 saturated carbocycles. The van der Waals surface area contributed by atoms with Crippen LogP contribution in [0.4, 0.5) is 5.69 Å². The Morgan fingerprint density at radius 2 is 2.40 bits per heavy atom. The van der Waals surface area contributed by atoms with E-state index >= 15 is 0 Å². The summed E-state index contributed by atoms with van der Waals surface area (Å²) in [4.78, 5) is 0. The Morgan fingerprint density at radius 1 is 1.50 bits per heavy atom. The minimum atomic E-state index is 0.589. The highest BCUT2D eigenvalue weighted by atomic mass is 79.9. The van der Waals surface area contributed by atoms with Gasteiger partial charge in [0, 0.05) is 4.47 Å². The monoisotopic (exact) mass is 199 g/mol. The number of hydrogen-bond acceptors (Lipinski definition) is 2. The summed E-state index contributed by atoms with van der Waals surface area (Å²) in [5.74, 6) is 0.925. The Labute approximate surface area is 67.3 Å². The first-order valence-corrected chi connectivity index (χ1v) is 3.82. The summed E-state index contributed by atoms with van der Waals surface area (Å²) in [6.45, 7) is 0.589. The predicted octanol–water partition coefficient (Wildman–Crippen LogP) is 2.21. The Hall–Kier alpha value is -0.700. The van der Waals surface area contributed by atoms with Crippen LogP contribution in [-0.4, -0.2) is 6.73 Å². The van der Waals surface area contributed by atoms with E-state index in [1.54, 1.807) is 0 Å². The first-order chi connectivity index (χ1) is 4.86. The number of benzene rings is 1. The third-order valence-electron chi connectivity index (χ3n) is 1.43. The van der Waals surface area contributed by atoms with Crippen LogP contribution < -0.4 is 10.1 Å². The molecule has 0 spiro atoms. The van der Waals surface area contributed by atoms with Crippen LogP contribution in [0.1, 0.15) is 0 Å². The summed E-state index contributed by atoms with van der Waals surface area (Å²) in [5, 5.41) is 3.08. The van der Waals surface area contributed by atoms with Crippen molar-refractivity contribution in [2.45, 2.75) is 0 Å². The minimum Gasteiger partial charge on any atom is -0.471 e. The van der Waals surface area contributed by atoms with Gasteiger partial charge in [0.25, 0.3) is 0 Å². The molecular weight excluding hydrogens is 194 g/mol. The van der Waals surface area contributed by atoms with E-state index in [4.69, 9.17) is 4.74 Å². The summed E-state index contributed by atoms with van der Waals surface area (Å²) in [7, 11) is 0. The molecule has 0 radical (unpaired) electrons. The fraction of sp³-hybridized carbons (Fsp3) is 0.143. The number of fused-ring (bicyclic) bond motifs is 1. The fourth-order valence-corrected chi connectivity index (χ4v) is 1.29. The van der Waals surface area contributed by atoms with E-state index in [1.165, 1.54) is 0 Å². The normalized spacial score (nSPS) is 13.7. The zero-order valence-electron chi connectivity index (χ0n) is 5.23. The van der Waals surface area contributed by atoms with Gasteiger partial charge in [-0.25, -0.2) is 0 Å². The van der Waals surface area contributed by atoms with Crippen LogP contribution in [-0.2, 0) is 0 Å². The maximum atomic E-state index is 5.24. The Balaban J connectivity index is 2.52. The van der Waals surface area contributed by atoms with Gasteiger partial charge in [0.05, 0.1) is 5.69 Å². The maximum Gasteiger partial charge on any atom is 0.159 e. The predicted molar refractivity (Wildman–Crippen MR) is 43.3 cm³/mol. The molecule has 2 nitrogen and oxygen atoms in total. The molecule has 52 valence electrons. The second kappa shape index (κ2) is 2.16. The van der Waals surface area contributed by atoms with Crippen molar-refractivity contribution in [3.63, 3.8) is 0 Å². The molecule has 10 heavy (non-hydrogen) atoms. The number of anilines is 1. The number of hydrogen-bond donors (Lipinski definition) is 1. The highest BCUT2D eigenvalue weighted by Gasteiger charge is 2.09. The summed E-state index contributed by atoms with van der Waals surface area (Å²) in [5.41, 5.74) is 1.07. The molecular formula is C7H6BrNO. The first kappa shape index (κ1) is 6.04. The SMILES string of the molecule is Brc1ccc2c(c1)OCN2.